The van der Waals surface area contributed by atoms with Gasteiger partial charge >= 0.3 is 0 Å². The van der Waals surface area contributed by atoms with Crippen LogP contribution in [0.2, 0.25) is 0 Å². The third kappa shape index (κ3) is 5.25. The molecule has 1 atom stereocenters. The Morgan fingerprint density at radius 1 is 1.35 bits per heavy atom. The van der Waals surface area contributed by atoms with E-state index in [9.17, 15) is 4.79 Å². The van der Waals surface area contributed by atoms with E-state index in [-0.39, 0.29) is 11.9 Å². The number of carbonyl (C=O) groups excluding carboxylic acids is 1. The highest BCUT2D eigenvalue weighted by molar-refractivity contribution is 5.94. The normalized spacial score (nSPS) is 16.0. The summed E-state index contributed by atoms with van der Waals surface area (Å²) in [6.07, 6.45) is 6.72. The molecule has 0 fully saturated rings. The highest BCUT2D eigenvalue weighted by Gasteiger charge is 2.20. The Labute approximate surface area is 138 Å². The van der Waals surface area contributed by atoms with E-state index < -0.39 is 0 Å². The molecule has 1 amide bonds. The number of hydrogen-bond acceptors (Lipinski definition) is 3. The summed E-state index contributed by atoms with van der Waals surface area (Å²) in [5.41, 5.74) is 8.52. The highest BCUT2D eigenvalue weighted by Crippen LogP contribution is 2.21. The minimum Gasteiger partial charge on any atom is -0.401 e. The van der Waals surface area contributed by atoms with Crippen molar-refractivity contribution >= 4 is 5.91 Å². The highest BCUT2D eigenvalue weighted by atomic mass is 16.1. The Kier molecular flexibility index (Phi) is 6.88. The van der Waals surface area contributed by atoms with E-state index >= 15 is 0 Å². The number of benzene rings is 1. The fourth-order valence-corrected chi connectivity index (χ4v) is 2.85. The first-order valence-corrected chi connectivity index (χ1v) is 8.37. The molecule has 0 saturated carbocycles. The van der Waals surface area contributed by atoms with Gasteiger partial charge in [-0.05, 0) is 37.8 Å². The van der Waals surface area contributed by atoms with Crippen LogP contribution < -0.4 is 16.4 Å². The largest absolute Gasteiger partial charge is 0.401 e. The SMILES string of the molecule is C=CCCCCC(NC(=O)C1=C(N)CNCC1)c1ccccc1. The third-order valence-corrected chi connectivity index (χ3v) is 4.19. The number of carbonyl (C=O) groups is 1. The fraction of sp³-hybridized carbons (Fsp3) is 0.421. The monoisotopic (exact) mass is 313 g/mol. The summed E-state index contributed by atoms with van der Waals surface area (Å²) in [6, 6.07) is 10.2. The number of unbranched alkanes of at least 4 members (excludes halogenated alkanes) is 2. The van der Waals surface area contributed by atoms with Crippen LogP contribution in [0.5, 0.6) is 0 Å². The van der Waals surface area contributed by atoms with Gasteiger partial charge in [-0.2, -0.15) is 0 Å². The van der Waals surface area contributed by atoms with Crippen molar-refractivity contribution in [3.8, 4) is 0 Å². The molecule has 1 heterocycles. The van der Waals surface area contributed by atoms with Crippen molar-refractivity contribution in [1.82, 2.24) is 10.6 Å². The van der Waals surface area contributed by atoms with E-state index in [1.54, 1.807) is 0 Å². The molecule has 1 unspecified atom stereocenters. The lowest BCUT2D eigenvalue weighted by Crippen LogP contribution is -2.37. The third-order valence-electron chi connectivity index (χ3n) is 4.19. The minimum atomic E-state index is -0.0263. The van der Waals surface area contributed by atoms with E-state index in [0.717, 1.165) is 43.4 Å². The molecule has 4 nitrogen and oxygen atoms in total. The van der Waals surface area contributed by atoms with Crippen molar-refractivity contribution in [3.63, 3.8) is 0 Å². The van der Waals surface area contributed by atoms with E-state index in [1.807, 2.05) is 24.3 Å². The lowest BCUT2D eigenvalue weighted by Gasteiger charge is -2.23. The topological polar surface area (TPSA) is 67.2 Å². The van der Waals surface area contributed by atoms with Gasteiger partial charge in [0.05, 0.1) is 6.04 Å². The van der Waals surface area contributed by atoms with Gasteiger partial charge in [-0.15, -0.1) is 6.58 Å². The van der Waals surface area contributed by atoms with Gasteiger partial charge in [-0.1, -0.05) is 42.8 Å². The molecule has 1 aliphatic rings. The Morgan fingerprint density at radius 2 is 2.13 bits per heavy atom. The van der Waals surface area contributed by atoms with Crippen molar-refractivity contribution in [2.24, 2.45) is 5.73 Å². The summed E-state index contributed by atoms with van der Waals surface area (Å²) in [6.45, 7) is 5.16. The van der Waals surface area contributed by atoms with Crippen LogP contribution in [0.25, 0.3) is 0 Å². The average molecular weight is 313 g/mol. The lowest BCUT2D eigenvalue weighted by molar-refractivity contribution is -0.118. The summed E-state index contributed by atoms with van der Waals surface area (Å²) in [5.74, 6) is -0.0263. The number of hydrogen-bond donors (Lipinski definition) is 3. The molecular formula is C19H27N3O. The second-order valence-electron chi connectivity index (χ2n) is 5.94. The van der Waals surface area contributed by atoms with E-state index in [0.29, 0.717) is 18.7 Å². The molecule has 124 valence electrons. The molecule has 23 heavy (non-hydrogen) atoms. The summed E-state index contributed by atoms with van der Waals surface area (Å²) in [7, 11) is 0. The Morgan fingerprint density at radius 3 is 2.83 bits per heavy atom. The zero-order valence-electron chi connectivity index (χ0n) is 13.7. The number of nitrogens with two attached hydrogens (primary N) is 1. The molecule has 0 radical (unpaired) electrons. The predicted molar refractivity (Wildman–Crippen MR) is 94.7 cm³/mol. The smallest absolute Gasteiger partial charge is 0.249 e. The van der Waals surface area contributed by atoms with Crippen molar-refractivity contribution in [3.05, 3.63) is 59.8 Å². The first kappa shape index (κ1) is 17.3. The Bertz CT molecular complexity index is 551. The summed E-state index contributed by atoms with van der Waals surface area (Å²) >= 11 is 0. The summed E-state index contributed by atoms with van der Waals surface area (Å²) < 4.78 is 0. The second kappa shape index (κ2) is 9.16. The molecule has 1 aliphatic heterocycles. The van der Waals surface area contributed by atoms with Crippen molar-refractivity contribution < 1.29 is 4.79 Å². The van der Waals surface area contributed by atoms with Crippen molar-refractivity contribution in [2.45, 2.75) is 38.1 Å². The van der Waals surface area contributed by atoms with E-state index in [2.05, 4.69) is 29.3 Å². The maximum Gasteiger partial charge on any atom is 0.249 e. The number of amides is 1. The molecular weight excluding hydrogens is 286 g/mol. The lowest BCUT2D eigenvalue weighted by atomic mass is 9.98. The molecule has 0 aliphatic carbocycles. The predicted octanol–water partition coefficient (Wildman–Crippen LogP) is 2.80. The van der Waals surface area contributed by atoms with Gasteiger partial charge in [0.2, 0.25) is 5.91 Å². The molecule has 2 rings (SSSR count). The molecule has 0 aromatic heterocycles. The fourth-order valence-electron chi connectivity index (χ4n) is 2.85. The van der Waals surface area contributed by atoms with Crippen molar-refractivity contribution in [1.29, 1.82) is 0 Å². The van der Waals surface area contributed by atoms with E-state index in [4.69, 9.17) is 5.73 Å². The van der Waals surface area contributed by atoms with Gasteiger partial charge in [0, 0.05) is 17.8 Å². The van der Waals surface area contributed by atoms with Gasteiger partial charge in [-0.3, -0.25) is 4.79 Å². The maximum absolute atomic E-state index is 12.6. The van der Waals surface area contributed by atoms with Crippen LogP contribution in [-0.2, 0) is 4.79 Å². The van der Waals surface area contributed by atoms with Gasteiger partial charge in [-0.25, -0.2) is 0 Å². The second-order valence-corrected chi connectivity index (χ2v) is 5.94. The van der Waals surface area contributed by atoms with Gasteiger partial charge in [0.1, 0.15) is 0 Å². The van der Waals surface area contributed by atoms with Crippen LogP contribution in [0.1, 0.15) is 43.7 Å². The zero-order chi connectivity index (χ0) is 16.5. The van der Waals surface area contributed by atoms with Crippen molar-refractivity contribution in [2.75, 3.05) is 13.1 Å². The summed E-state index contributed by atoms with van der Waals surface area (Å²) in [4.78, 5) is 12.6. The van der Waals surface area contributed by atoms with E-state index in [1.165, 1.54) is 0 Å². The average Bonchev–Trinajstić information content (AvgIpc) is 2.58. The molecule has 0 bridgehead atoms. The van der Waals surface area contributed by atoms with Crippen LogP contribution in [0.15, 0.2) is 54.3 Å². The van der Waals surface area contributed by atoms with Crippen LogP contribution >= 0.6 is 0 Å². The first-order valence-electron chi connectivity index (χ1n) is 8.37. The quantitative estimate of drug-likeness (QED) is 0.511. The molecule has 0 saturated heterocycles. The van der Waals surface area contributed by atoms with Crippen LogP contribution in [0, 0.1) is 0 Å². The van der Waals surface area contributed by atoms with Crippen LogP contribution in [0.3, 0.4) is 0 Å². The minimum absolute atomic E-state index is 0.0263. The molecule has 1 aromatic carbocycles. The first-order chi connectivity index (χ1) is 11.2. The standard InChI is InChI=1S/C19H27N3O/c1-2-3-4-8-11-18(15-9-6-5-7-10-15)22-19(23)16-12-13-21-14-17(16)20/h2,5-7,9-10,18,21H,1,3-4,8,11-14,20H2,(H,22,23). The van der Waals surface area contributed by atoms with Gasteiger partial charge in [0.15, 0.2) is 0 Å². The zero-order valence-corrected chi connectivity index (χ0v) is 13.7. The molecule has 4 N–H and O–H groups in total. The number of allylic oxidation sites excluding steroid dienone is 1. The Balaban J connectivity index is 2.04. The van der Waals surface area contributed by atoms with Gasteiger partial charge < -0.3 is 16.4 Å². The van der Waals surface area contributed by atoms with Crippen LogP contribution in [-0.4, -0.2) is 19.0 Å². The van der Waals surface area contributed by atoms with Crippen LogP contribution in [0.4, 0.5) is 0 Å². The number of nitrogens with one attached hydrogen (secondary N) is 2. The molecule has 0 spiro atoms. The molecule has 4 heteroatoms. The maximum atomic E-state index is 12.6. The number of rotatable bonds is 8. The summed E-state index contributed by atoms with van der Waals surface area (Å²) in [5, 5.41) is 6.36. The van der Waals surface area contributed by atoms with Gasteiger partial charge in [0.25, 0.3) is 0 Å². The molecule has 1 aromatic rings. The Hall–Kier alpha value is -2.07.